The Balaban J connectivity index is 1.64. The maximum atomic E-state index is 12.5. The predicted octanol–water partition coefficient (Wildman–Crippen LogP) is 3.72. The minimum Gasteiger partial charge on any atom is -0.491 e. The molecule has 2 aromatic carbocycles. The van der Waals surface area contributed by atoms with Crippen molar-refractivity contribution in [3.8, 4) is 5.75 Å². The summed E-state index contributed by atoms with van der Waals surface area (Å²) in [5.41, 5.74) is 3.21. The molecule has 0 radical (unpaired) electrons. The van der Waals surface area contributed by atoms with Crippen molar-refractivity contribution in [2.24, 2.45) is 5.92 Å². The van der Waals surface area contributed by atoms with Crippen LogP contribution >= 0.6 is 0 Å². The van der Waals surface area contributed by atoms with Gasteiger partial charge in [-0.1, -0.05) is 44.2 Å². The number of nitrogens with one attached hydrogen (secondary N) is 1. The van der Waals surface area contributed by atoms with Crippen LogP contribution in [0.1, 0.15) is 19.4 Å². The molecule has 1 aliphatic rings. The number of rotatable bonds is 6. The van der Waals surface area contributed by atoms with E-state index in [-0.39, 0.29) is 5.91 Å². The van der Waals surface area contributed by atoms with Gasteiger partial charge in [-0.05, 0) is 36.1 Å². The minimum absolute atomic E-state index is 0.0210. The highest BCUT2D eigenvalue weighted by Gasteiger charge is 2.20. The van der Waals surface area contributed by atoms with Crippen LogP contribution in [0, 0.1) is 5.92 Å². The molecule has 126 valence electrons. The van der Waals surface area contributed by atoms with Crippen molar-refractivity contribution in [3.05, 3.63) is 54.1 Å². The molecule has 3 rings (SSSR count). The van der Waals surface area contributed by atoms with Crippen molar-refractivity contribution in [1.82, 2.24) is 0 Å². The maximum absolute atomic E-state index is 12.5. The summed E-state index contributed by atoms with van der Waals surface area (Å²) in [6, 6.07) is 15.9. The average molecular weight is 324 g/mol. The van der Waals surface area contributed by atoms with E-state index in [4.69, 9.17) is 4.74 Å². The van der Waals surface area contributed by atoms with Crippen molar-refractivity contribution in [2.75, 3.05) is 29.9 Å². The summed E-state index contributed by atoms with van der Waals surface area (Å²) in [4.78, 5) is 14.6. The molecule has 1 heterocycles. The van der Waals surface area contributed by atoms with Gasteiger partial charge in [0.1, 0.15) is 5.75 Å². The topological polar surface area (TPSA) is 41.6 Å². The van der Waals surface area contributed by atoms with E-state index in [9.17, 15) is 4.79 Å². The summed E-state index contributed by atoms with van der Waals surface area (Å²) in [6.07, 6.45) is 0.998. The third-order valence-electron chi connectivity index (χ3n) is 4.05. The Morgan fingerprint density at radius 2 is 1.92 bits per heavy atom. The largest absolute Gasteiger partial charge is 0.491 e. The van der Waals surface area contributed by atoms with Crippen LogP contribution in [0.2, 0.25) is 0 Å². The molecule has 0 saturated heterocycles. The molecule has 1 aliphatic heterocycles. The molecule has 0 unspecified atom stereocenters. The molecule has 0 spiro atoms. The molecule has 0 aliphatic carbocycles. The summed E-state index contributed by atoms with van der Waals surface area (Å²) in [5.74, 6) is 1.14. The van der Waals surface area contributed by atoms with Gasteiger partial charge in [0, 0.05) is 12.2 Å². The Labute approximate surface area is 143 Å². The molecule has 1 N–H and O–H groups in total. The lowest BCUT2D eigenvalue weighted by atomic mass is 10.2. The van der Waals surface area contributed by atoms with Gasteiger partial charge in [0.2, 0.25) is 5.91 Å². The number of carbonyl (C=O) groups excluding carboxylic acids is 1. The van der Waals surface area contributed by atoms with Crippen molar-refractivity contribution < 1.29 is 9.53 Å². The third-order valence-corrected chi connectivity index (χ3v) is 4.05. The van der Waals surface area contributed by atoms with Crippen LogP contribution in [0.5, 0.6) is 5.75 Å². The first kappa shape index (κ1) is 16.4. The molecule has 4 heteroatoms. The third kappa shape index (κ3) is 3.88. The number of anilines is 2. The van der Waals surface area contributed by atoms with Crippen LogP contribution in [-0.2, 0) is 11.2 Å². The highest BCUT2D eigenvalue weighted by Crippen LogP contribution is 2.28. The number of hydrogen-bond acceptors (Lipinski definition) is 3. The highest BCUT2D eigenvalue weighted by atomic mass is 16.5. The molecular weight excluding hydrogens is 300 g/mol. The molecule has 1 amide bonds. The summed E-state index contributed by atoms with van der Waals surface area (Å²) >= 11 is 0. The molecule has 24 heavy (non-hydrogen) atoms. The van der Waals surface area contributed by atoms with Gasteiger partial charge in [-0.3, -0.25) is 4.79 Å². The predicted molar refractivity (Wildman–Crippen MR) is 97.8 cm³/mol. The minimum atomic E-state index is -0.0210. The lowest BCUT2D eigenvalue weighted by Gasteiger charge is -2.19. The monoisotopic (exact) mass is 324 g/mol. The molecule has 4 nitrogen and oxygen atoms in total. The zero-order chi connectivity index (χ0) is 16.9. The second-order valence-corrected chi connectivity index (χ2v) is 6.55. The number of fused-ring (bicyclic) bond motifs is 1. The Bertz CT molecular complexity index is 712. The van der Waals surface area contributed by atoms with E-state index in [1.807, 2.05) is 36.4 Å². The quantitative estimate of drug-likeness (QED) is 0.880. The van der Waals surface area contributed by atoms with Gasteiger partial charge in [0.25, 0.3) is 0 Å². The second kappa shape index (κ2) is 7.39. The number of nitrogens with zero attached hydrogens (tertiary/aromatic N) is 1. The van der Waals surface area contributed by atoms with Gasteiger partial charge < -0.3 is 15.0 Å². The molecule has 0 bridgehead atoms. The van der Waals surface area contributed by atoms with Crippen LogP contribution in [0.4, 0.5) is 11.4 Å². The number of benzene rings is 2. The maximum Gasteiger partial charge on any atom is 0.243 e. The molecule has 0 aromatic heterocycles. The van der Waals surface area contributed by atoms with E-state index >= 15 is 0 Å². The van der Waals surface area contributed by atoms with E-state index in [0.717, 1.165) is 30.1 Å². The van der Waals surface area contributed by atoms with E-state index < -0.39 is 0 Å². The van der Waals surface area contributed by atoms with Crippen LogP contribution in [0.25, 0.3) is 0 Å². The Kier molecular flexibility index (Phi) is 5.04. The first-order valence-corrected chi connectivity index (χ1v) is 8.48. The molecule has 0 atom stereocenters. The number of ether oxygens (including phenoxy) is 1. The van der Waals surface area contributed by atoms with Gasteiger partial charge in [-0.2, -0.15) is 0 Å². The SMILES string of the molecule is CC(C)COc1ccccc1NC(=O)CN1CCc2ccccc21. The Morgan fingerprint density at radius 3 is 2.75 bits per heavy atom. The fourth-order valence-corrected chi connectivity index (χ4v) is 2.89. The summed E-state index contributed by atoms with van der Waals surface area (Å²) in [6.45, 7) is 6.08. The number of hydrogen-bond donors (Lipinski definition) is 1. The standard InChI is InChI=1S/C20H24N2O2/c1-15(2)14-24-19-10-6-4-8-17(19)21-20(23)13-22-12-11-16-7-3-5-9-18(16)22/h3-10,15H,11-14H2,1-2H3,(H,21,23). The normalized spacial score (nSPS) is 13.0. The molecular formula is C20H24N2O2. The lowest BCUT2D eigenvalue weighted by Crippen LogP contribution is -2.32. The first-order valence-electron chi connectivity index (χ1n) is 8.48. The summed E-state index contributed by atoms with van der Waals surface area (Å²) in [5, 5.41) is 2.99. The number of carbonyl (C=O) groups is 1. The van der Waals surface area contributed by atoms with Crippen LogP contribution in [0.15, 0.2) is 48.5 Å². The molecule has 0 fully saturated rings. The fourth-order valence-electron chi connectivity index (χ4n) is 2.89. The van der Waals surface area contributed by atoms with Gasteiger partial charge in [-0.15, -0.1) is 0 Å². The van der Waals surface area contributed by atoms with E-state index in [2.05, 4.69) is 36.2 Å². The van der Waals surface area contributed by atoms with Crippen LogP contribution in [0.3, 0.4) is 0 Å². The van der Waals surface area contributed by atoms with Crippen molar-refractivity contribution in [1.29, 1.82) is 0 Å². The number of para-hydroxylation sites is 3. The molecule has 0 saturated carbocycles. The first-order chi connectivity index (χ1) is 11.6. The zero-order valence-electron chi connectivity index (χ0n) is 14.3. The van der Waals surface area contributed by atoms with Gasteiger partial charge in [0.15, 0.2) is 0 Å². The Morgan fingerprint density at radius 1 is 1.17 bits per heavy atom. The van der Waals surface area contributed by atoms with Gasteiger partial charge in [0.05, 0.1) is 18.8 Å². The van der Waals surface area contributed by atoms with E-state index in [0.29, 0.717) is 19.1 Å². The van der Waals surface area contributed by atoms with Gasteiger partial charge in [-0.25, -0.2) is 0 Å². The van der Waals surface area contributed by atoms with E-state index in [1.165, 1.54) is 5.56 Å². The summed E-state index contributed by atoms with van der Waals surface area (Å²) in [7, 11) is 0. The van der Waals surface area contributed by atoms with Crippen molar-refractivity contribution in [2.45, 2.75) is 20.3 Å². The average Bonchev–Trinajstić information content (AvgIpc) is 2.97. The highest BCUT2D eigenvalue weighted by molar-refractivity contribution is 5.95. The smallest absolute Gasteiger partial charge is 0.243 e. The van der Waals surface area contributed by atoms with Crippen molar-refractivity contribution >= 4 is 17.3 Å². The lowest BCUT2D eigenvalue weighted by molar-refractivity contribution is -0.115. The zero-order valence-corrected chi connectivity index (χ0v) is 14.3. The fraction of sp³-hybridized carbons (Fsp3) is 0.350. The number of amides is 1. The molecule has 2 aromatic rings. The second-order valence-electron chi connectivity index (χ2n) is 6.55. The van der Waals surface area contributed by atoms with Crippen LogP contribution < -0.4 is 15.0 Å². The van der Waals surface area contributed by atoms with Gasteiger partial charge >= 0.3 is 0 Å². The summed E-state index contributed by atoms with van der Waals surface area (Å²) < 4.78 is 5.80. The van der Waals surface area contributed by atoms with E-state index in [1.54, 1.807) is 0 Å². The van der Waals surface area contributed by atoms with Crippen LogP contribution in [-0.4, -0.2) is 25.6 Å². The Hall–Kier alpha value is -2.49. The van der Waals surface area contributed by atoms with Crippen molar-refractivity contribution in [3.63, 3.8) is 0 Å².